The van der Waals surface area contributed by atoms with Crippen molar-refractivity contribution in [2.75, 3.05) is 5.32 Å². The highest BCUT2D eigenvalue weighted by Gasteiger charge is 2.25. The van der Waals surface area contributed by atoms with Gasteiger partial charge in [-0.2, -0.15) is 28.2 Å². The van der Waals surface area contributed by atoms with Crippen molar-refractivity contribution in [2.45, 2.75) is 11.5 Å². The molecule has 1 aromatic carbocycles. The first-order valence-electron chi connectivity index (χ1n) is 7.00. The summed E-state index contributed by atoms with van der Waals surface area (Å²) in [6.45, 7) is 0. The van der Waals surface area contributed by atoms with E-state index in [4.69, 9.17) is 11.6 Å². The number of anilines is 1. The van der Waals surface area contributed by atoms with Crippen LogP contribution >= 0.6 is 34.7 Å². The molecule has 2 aromatic heterocycles. The average Bonchev–Trinajstić information content (AvgIpc) is 3.25. The number of nitrogens with one attached hydrogen (secondary N) is 1. The van der Waals surface area contributed by atoms with Crippen molar-refractivity contribution in [3.8, 4) is 5.69 Å². The van der Waals surface area contributed by atoms with Crippen molar-refractivity contribution in [3.05, 3.63) is 62.9 Å². The van der Waals surface area contributed by atoms with Crippen LogP contribution in [0.4, 0.5) is 5.82 Å². The first-order chi connectivity index (χ1) is 11.2. The average molecular weight is 362 g/mol. The number of halogens is 1. The molecule has 0 unspecified atom stereocenters. The summed E-state index contributed by atoms with van der Waals surface area (Å²) >= 11 is 9.41. The van der Waals surface area contributed by atoms with E-state index in [0.29, 0.717) is 10.6 Å². The predicted molar refractivity (Wildman–Crippen MR) is 95.8 cm³/mol. The second kappa shape index (κ2) is 6.03. The van der Waals surface area contributed by atoms with E-state index >= 15 is 0 Å². The Morgan fingerprint density at radius 1 is 1.30 bits per heavy atom. The first kappa shape index (κ1) is 14.8. The number of amides is 1. The highest BCUT2D eigenvalue weighted by molar-refractivity contribution is 7.98. The molecule has 7 heteroatoms. The molecule has 4 rings (SSSR count). The van der Waals surface area contributed by atoms with Gasteiger partial charge in [-0.15, -0.1) is 0 Å². The van der Waals surface area contributed by atoms with Crippen LogP contribution in [-0.2, 0) is 11.5 Å². The van der Waals surface area contributed by atoms with Gasteiger partial charge in [-0.05, 0) is 29.6 Å². The molecule has 3 heterocycles. The van der Waals surface area contributed by atoms with Crippen molar-refractivity contribution in [2.24, 2.45) is 0 Å². The molecule has 1 amide bonds. The zero-order valence-electron chi connectivity index (χ0n) is 12.0. The van der Waals surface area contributed by atoms with Gasteiger partial charge in [0.25, 0.3) is 5.91 Å². The zero-order chi connectivity index (χ0) is 15.8. The number of benzene rings is 1. The predicted octanol–water partition coefficient (Wildman–Crippen LogP) is 4.59. The minimum Gasteiger partial charge on any atom is -0.306 e. The highest BCUT2D eigenvalue weighted by Crippen LogP contribution is 2.36. The van der Waals surface area contributed by atoms with Crippen molar-refractivity contribution in [1.82, 2.24) is 9.78 Å². The van der Waals surface area contributed by atoms with E-state index in [1.807, 2.05) is 41.1 Å². The van der Waals surface area contributed by atoms with Crippen LogP contribution in [0.1, 0.15) is 21.6 Å². The van der Waals surface area contributed by atoms with Gasteiger partial charge in [0.2, 0.25) is 0 Å². The van der Waals surface area contributed by atoms with E-state index < -0.39 is 0 Å². The Balaban J connectivity index is 1.77. The Labute approximate surface area is 146 Å². The van der Waals surface area contributed by atoms with Gasteiger partial charge in [0.05, 0.1) is 16.9 Å². The molecule has 0 saturated carbocycles. The lowest BCUT2D eigenvalue weighted by Crippen LogP contribution is -2.15. The first-order valence-corrected chi connectivity index (χ1v) is 9.48. The molecule has 0 aliphatic carbocycles. The Hall–Kier alpha value is -1.76. The second-order valence-electron chi connectivity index (χ2n) is 5.12. The summed E-state index contributed by atoms with van der Waals surface area (Å²) in [4.78, 5) is 12.4. The molecule has 0 bridgehead atoms. The summed E-state index contributed by atoms with van der Waals surface area (Å²) in [5, 5.41) is 12.1. The molecule has 0 fully saturated rings. The van der Waals surface area contributed by atoms with E-state index in [-0.39, 0.29) is 5.91 Å². The van der Waals surface area contributed by atoms with Gasteiger partial charge < -0.3 is 5.32 Å². The van der Waals surface area contributed by atoms with Crippen LogP contribution in [0.25, 0.3) is 5.69 Å². The maximum absolute atomic E-state index is 12.4. The minimum absolute atomic E-state index is 0.117. The molecule has 116 valence electrons. The number of thioether (sulfide) groups is 1. The molecule has 0 atom stereocenters. The van der Waals surface area contributed by atoms with Gasteiger partial charge in [-0.3, -0.25) is 4.79 Å². The fraction of sp³-hybridized carbons (Fsp3) is 0.125. The van der Waals surface area contributed by atoms with Crippen LogP contribution in [0.15, 0.2) is 41.1 Å². The van der Waals surface area contributed by atoms with Gasteiger partial charge in [0, 0.05) is 27.5 Å². The molecule has 1 N–H and O–H groups in total. The third-order valence-electron chi connectivity index (χ3n) is 3.62. The SMILES string of the molecule is O=C(Nc1c2c(nn1-c1cccc(Cl)c1)CSC2)c1ccsc1. The lowest BCUT2D eigenvalue weighted by Gasteiger charge is -2.10. The van der Waals surface area contributed by atoms with E-state index in [2.05, 4.69) is 10.4 Å². The molecule has 0 saturated heterocycles. The molecule has 1 aliphatic heterocycles. The quantitative estimate of drug-likeness (QED) is 0.742. The third-order valence-corrected chi connectivity index (χ3v) is 5.51. The topological polar surface area (TPSA) is 46.9 Å². The van der Waals surface area contributed by atoms with Crippen LogP contribution in [-0.4, -0.2) is 15.7 Å². The highest BCUT2D eigenvalue weighted by atomic mass is 35.5. The molecule has 23 heavy (non-hydrogen) atoms. The largest absolute Gasteiger partial charge is 0.306 e. The molecule has 1 aliphatic rings. The molecule has 3 aromatic rings. The lowest BCUT2D eigenvalue weighted by molar-refractivity contribution is 0.102. The number of aromatic nitrogens is 2. The number of carbonyl (C=O) groups excluding carboxylic acids is 1. The maximum atomic E-state index is 12.4. The molecular formula is C16H12ClN3OS2. The fourth-order valence-electron chi connectivity index (χ4n) is 2.51. The molecule has 4 nitrogen and oxygen atoms in total. The Bertz CT molecular complexity index is 874. The lowest BCUT2D eigenvalue weighted by atomic mass is 10.2. The van der Waals surface area contributed by atoms with Gasteiger partial charge in [0.15, 0.2) is 0 Å². The van der Waals surface area contributed by atoms with Crippen LogP contribution < -0.4 is 5.32 Å². The molecule has 0 spiro atoms. The van der Waals surface area contributed by atoms with Crippen molar-refractivity contribution in [3.63, 3.8) is 0 Å². The summed E-state index contributed by atoms with van der Waals surface area (Å²) in [6, 6.07) is 9.29. The normalized spacial score (nSPS) is 13.1. The Kier molecular flexibility index (Phi) is 3.88. The van der Waals surface area contributed by atoms with Gasteiger partial charge in [-0.1, -0.05) is 17.7 Å². The van der Waals surface area contributed by atoms with Crippen molar-refractivity contribution >= 4 is 46.4 Å². The van der Waals surface area contributed by atoms with Gasteiger partial charge in [0.1, 0.15) is 5.82 Å². The minimum atomic E-state index is -0.117. The monoisotopic (exact) mass is 361 g/mol. The molecular weight excluding hydrogens is 350 g/mol. The van der Waals surface area contributed by atoms with Crippen LogP contribution in [0.2, 0.25) is 5.02 Å². The number of carbonyl (C=O) groups is 1. The Morgan fingerprint density at radius 3 is 3.00 bits per heavy atom. The number of nitrogens with zero attached hydrogens (tertiary/aromatic N) is 2. The summed E-state index contributed by atoms with van der Waals surface area (Å²) in [6.07, 6.45) is 0. The summed E-state index contributed by atoms with van der Waals surface area (Å²) in [5.74, 6) is 2.34. The van der Waals surface area contributed by atoms with E-state index in [0.717, 1.165) is 34.3 Å². The zero-order valence-corrected chi connectivity index (χ0v) is 14.3. The maximum Gasteiger partial charge on any atom is 0.257 e. The number of hydrogen-bond acceptors (Lipinski definition) is 4. The summed E-state index contributed by atoms with van der Waals surface area (Å²) < 4.78 is 1.78. The van der Waals surface area contributed by atoms with Gasteiger partial charge >= 0.3 is 0 Å². The number of hydrogen-bond donors (Lipinski definition) is 1. The van der Waals surface area contributed by atoms with E-state index in [9.17, 15) is 4.79 Å². The van der Waals surface area contributed by atoms with Crippen LogP contribution in [0.5, 0.6) is 0 Å². The summed E-state index contributed by atoms with van der Waals surface area (Å²) in [7, 11) is 0. The standard InChI is InChI=1S/C16H12ClN3OS2/c17-11-2-1-3-12(6-11)20-15(13-8-23-9-14(13)19-20)18-16(21)10-4-5-22-7-10/h1-7H,8-9H2,(H,18,21). The van der Waals surface area contributed by atoms with Crippen LogP contribution in [0.3, 0.4) is 0 Å². The summed E-state index contributed by atoms with van der Waals surface area (Å²) in [5.41, 5.74) is 3.62. The van der Waals surface area contributed by atoms with Crippen molar-refractivity contribution < 1.29 is 4.79 Å². The third kappa shape index (κ3) is 2.78. The molecule has 0 radical (unpaired) electrons. The van der Waals surface area contributed by atoms with E-state index in [1.165, 1.54) is 11.3 Å². The number of rotatable bonds is 3. The second-order valence-corrected chi connectivity index (χ2v) is 7.33. The fourth-order valence-corrected chi connectivity index (χ4v) is 4.36. The number of thiophene rings is 1. The van der Waals surface area contributed by atoms with Crippen molar-refractivity contribution in [1.29, 1.82) is 0 Å². The van der Waals surface area contributed by atoms with E-state index in [1.54, 1.807) is 16.4 Å². The Morgan fingerprint density at radius 2 is 2.22 bits per heavy atom. The smallest absolute Gasteiger partial charge is 0.257 e. The van der Waals surface area contributed by atoms with Gasteiger partial charge in [-0.25, -0.2) is 4.68 Å². The number of fused-ring (bicyclic) bond motifs is 1. The van der Waals surface area contributed by atoms with Crippen LogP contribution in [0, 0.1) is 0 Å².